The summed E-state index contributed by atoms with van der Waals surface area (Å²) in [5.41, 5.74) is 10.3. The molecular formula is C67H96N2O7. The molecule has 1 amide bonds. The Hall–Kier alpha value is -3.24. The van der Waals surface area contributed by atoms with E-state index in [-0.39, 0.29) is 59.0 Å². The molecule has 416 valence electrons. The number of nitrogens with one attached hydrogen (secondary N) is 1. The highest BCUT2D eigenvalue weighted by Gasteiger charge is 2.64. The van der Waals surface area contributed by atoms with Crippen LogP contribution >= 0.6 is 0 Å². The molecule has 0 unspecified atom stereocenters. The van der Waals surface area contributed by atoms with Crippen LogP contribution in [0.25, 0.3) is 0 Å². The number of allylic oxidation sites excluding steroid dienone is 4. The Labute approximate surface area is 457 Å². The molecule has 0 radical (unpaired) electrons. The van der Waals surface area contributed by atoms with Crippen molar-refractivity contribution in [1.82, 2.24) is 10.2 Å². The van der Waals surface area contributed by atoms with Gasteiger partial charge >= 0.3 is 12.1 Å². The summed E-state index contributed by atoms with van der Waals surface area (Å²) in [5, 5.41) is 14.1. The van der Waals surface area contributed by atoms with E-state index in [0.717, 1.165) is 107 Å². The highest BCUT2D eigenvalue weighted by molar-refractivity contribution is 5.75. The molecule has 4 saturated heterocycles. The van der Waals surface area contributed by atoms with Gasteiger partial charge in [0.15, 0.2) is 0 Å². The zero-order valence-corrected chi connectivity index (χ0v) is 48.6. The number of benzene rings is 1. The van der Waals surface area contributed by atoms with Crippen LogP contribution in [-0.2, 0) is 30.3 Å². The smallest absolute Gasteiger partial charge is 0.410 e. The van der Waals surface area contributed by atoms with Gasteiger partial charge in [0.25, 0.3) is 0 Å². The molecule has 4 heterocycles. The van der Waals surface area contributed by atoms with Crippen LogP contribution in [0.5, 0.6) is 0 Å². The molecule has 8 fully saturated rings. The van der Waals surface area contributed by atoms with Gasteiger partial charge in [-0.1, -0.05) is 106 Å². The summed E-state index contributed by atoms with van der Waals surface area (Å²) in [7, 11) is 0. The van der Waals surface area contributed by atoms with Crippen LogP contribution in [0.1, 0.15) is 184 Å². The van der Waals surface area contributed by atoms with Crippen molar-refractivity contribution >= 4 is 12.1 Å². The van der Waals surface area contributed by atoms with Crippen molar-refractivity contribution in [1.29, 1.82) is 0 Å². The minimum atomic E-state index is -0.470. The fourth-order valence-electron chi connectivity index (χ4n) is 19.8. The molecule has 12 aliphatic rings. The van der Waals surface area contributed by atoms with E-state index < -0.39 is 5.41 Å². The van der Waals surface area contributed by atoms with Crippen LogP contribution < -0.4 is 5.32 Å². The van der Waals surface area contributed by atoms with Gasteiger partial charge in [0.2, 0.25) is 0 Å². The lowest BCUT2D eigenvalue weighted by Gasteiger charge is -2.49. The number of aliphatic hydroxyl groups excluding tert-OH is 1. The van der Waals surface area contributed by atoms with Crippen LogP contribution in [0, 0.1) is 75.4 Å². The molecule has 76 heavy (non-hydrogen) atoms. The molecule has 1 aromatic rings. The monoisotopic (exact) mass is 1040 g/mol. The van der Waals surface area contributed by atoms with Crippen molar-refractivity contribution < 1.29 is 33.6 Å². The molecule has 13 rings (SSSR count). The average molecular weight is 1040 g/mol. The second-order valence-corrected chi connectivity index (χ2v) is 29.2. The molecule has 20 atom stereocenters. The van der Waals surface area contributed by atoms with Crippen molar-refractivity contribution in [2.24, 2.45) is 75.4 Å². The first-order chi connectivity index (χ1) is 36.1. The number of esters is 1. The predicted molar refractivity (Wildman–Crippen MR) is 299 cm³/mol. The fraction of sp³-hybridized carbons (Fsp3) is 0.761. The molecule has 4 aliphatic heterocycles. The third-order valence-electron chi connectivity index (χ3n) is 24.2. The summed E-state index contributed by atoms with van der Waals surface area (Å²) in [6, 6.07) is 10.5. The Kier molecular flexibility index (Phi) is 13.7. The number of hydrogen-bond acceptors (Lipinski definition) is 8. The van der Waals surface area contributed by atoms with Gasteiger partial charge in [-0.15, -0.1) is 0 Å². The van der Waals surface area contributed by atoms with E-state index in [9.17, 15) is 14.7 Å². The zero-order chi connectivity index (χ0) is 53.4. The van der Waals surface area contributed by atoms with E-state index in [1.54, 1.807) is 22.3 Å². The number of aliphatic hydroxyl groups is 1. The number of nitrogens with zero attached hydrogens (tertiary/aromatic N) is 1. The van der Waals surface area contributed by atoms with Crippen molar-refractivity contribution in [2.45, 2.75) is 233 Å². The maximum absolute atomic E-state index is 13.6. The molecule has 0 bridgehead atoms. The van der Waals surface area contributed by atoms with Gasteiger partial charge in [-0.25, -0.2) is 4.79 Å². The number of rotatable bonds is 3. The van der Waals surface area contributed by atoms with Crippen molar-refractivity contribution in [3.8, 4) is 0 Å². The lowest BCUT2D eigenvalue weighted by atomic mass is 9.56. The summed E-state index contributed by atoms with van der Waals surface area (Å²) >= 11 is 0. The highest BCUT2D eigenvalue weighted by atomic mass is 16.6. The molecular weight excluding hydrogens is 945 g/mol. The lowest BCUT2D eigenvalue weighted by Crippen LogP contribution is -2.54. The number of likely N-dealkylation sites (tertiary alicyclic amines) is 1. The number of carbonyl (C=O) groups excluding carboxylic acids is 2. The summed E-state index contributed by atoms with van der Waals surface area (Å²) in [6.45, 7) is 27.2. The first-order valence-electron chi connectivity index (χ1n) is 30.9. The lowest BCUT2D eigenvalue weighted by molar-refractivity contribution is -0.160. The molecule has 8 aliphatic carbocycles. The van der Waals surface area contributed by atoms with E-state index in [0.29, 0.717) is 53.8 Å². The first kappa shape index (κ1) is 53.4. The van der Waals surface area contributed by atoms with Gasteiger partial charge in [-0.05, 0) is 212 Å². The van der Waals surface area contributed by atoms with Crippen LogP contribution in [0.4, 0.5) is 4.79 Å². The molecule has 9 heteroatoms. The average Bonchev–Trinajstić information content (AvgIpc) is 4.16. The highest BCUT2D eigenvalue weighted by Crippen LogP contribution is 2.67. The minimum Gasteiger partial charge on any atom is -0.462 e. The number of piperidine rings is 2. The van der Waals surface area contributed by atoms with Crippen LogP contribution in [0.15, 0.2) is 75.9 Å². The third kappa shape index (κ3) is 8.54. The molecule has 2 spiro atoms. The van der Waals surface area contributed by atoms with Gasteiger partial charge in [0.05, 0.1) is 41.0 Å². The second-order valence-electron chi connectivity index (χ2n) is 29.2. The summed E-state index contributed by atoms with van der Waals surface area (Å²) < 4.78 is 26.2. The van der Waals surface area contributed by atoms with Gasteiger partial charge in [0, 0.05) is 30.8 Å². The maximum Gasteiger partial charge on any atom is 0.410 e. The van der Waals surface area contributed by atoms with E-state index in [1.165, 1.54) is 49.7 Å². The number of fused-ring (bicyclic) bond motifs is 12. The summed E-state index contributed by atoms with van der Waals surface area (Å²) in [5.74, 6) is 6.06. The molecule has 0 aromatic heterocycles. The SMILES string of the molecule is CC1=C2C[C@H]3[C@@H](CC=C4C[C@@H](O)CC[C@@]43C)[C@@H]2CC[C@]12O[C@@H]1C[C@H](C)CN[C@H]1[C@H]2C.CC1=C2C[C@H]3[C@@H](CC=C4C[C@@H](OC(=O)C(C)(C)C)CC[C@@]43C)[C@@H]2CC[C@]12O[C@@H]1C[C@H](C)CN(C(=O)OCc3ccccc3)[C@H]1[C@H]2C. The van der Waals surface area contributed by atoms with E-state index in [4.69, 9.17) is 18.9 Å². The minimum absolute atomic E-state index is 0.00342. The van der Waals surface area contributed by atoms with Gasteiger partial charge in [0.1, 0.15) is 12.7 Å². The Morgan fingerprint density at radius 2 is 1.32 bits per heavy atom. The fourth-order valence-corrected chi connectivity index (χ4v) is 19.8. The second kappa shape index (κ2) is 19.5. The number of carbonyl (C=O) groups is 2. The Bertz CT molecular complexity index is 2560. The molecule has 2 N–H and O–H groups in total. The van der Waals surface area contributed by atoms with E-state index in [1.807, 2.05) is 56.0 Å². The van der Waals surface area contributed by atoms with E-state index >= 15 is 0 Å². The maximum atomic E-state index is 13.6. The predicted octanol–water partition coefficient (Wildman–Crippen LogP) is 13.6. The zero-order valence-electron chi connectivity index (χ0n) is 48.6. The Morgan fingerprint density at radius 3 is 1.95 bits per heavy atom. The normalized spacial score (nSPS) is 46.0. The largest absolute Gasteiger partial charge is 0.462 e. The van der Waals surface area contributed by atoms with Crippen molar-refractivity contribution in [2.75, 3.05) is 13.1 Å². The van der Waals surface area contributed by atoms with Gasteiger partial charge < -0.3 is 34.3 Å². The van der Waals surface area contributed by atoms with Gasteiger partial charge in [-0.2, -0.15) is 0 Å². The number of ether oxygens (including phenoxy) is 4. The molecule has 4 saturated carbocycles. The van der Waals surface area contributed by atoms with E-state index in [2.05, 4.69) is 72.9 Å². The van der Waals surface area contributed by atoms with Crippen LogP contribution in [0.3, 0.4) is 0 Å². The Balaban J connectivity index is 0.000000167. The quantitative estimate of drug-likeness (QED) is 0.228. The topological polar surface area (TPSA) is 107 Å². The molecule has 1 aromatic carbocycles. The number of amides is 1. The van der Waals surface area contributed by atoms with Crippen LogP contribution in [-0.4, -0.2) is 82.9 Å². The third-order valence-corrected chi connectivity index (χ3v) is 24.2. The number of hydrogen-bond donors (Lipinski definition) is 2. The van der Waals surface area contributed by atoms with Crippen LogP contribution in [0.2, 0.25) is 0 Å². The molecule has 9 nitrogen and oxygen atoms in total. The standard InChI is InChI=1S/C40H55NO5.C27H41NO2/c1-24-19-34-35(41(22-24)37(43)44-23-27-11-9-8-10-12-27)26(3)40(46-34)18-16-30-31-14-13-28-20-29(45-36(42)38(4,5)6)15-17-39(28,7)33(31)21-32(30)25(40)2;1-15-11-24-25(28-14-15)17(3)27(30-24)10-8-20-21-6-5-18-12-19(29)7-9-26(18,4)23(21)13-22(20)16(27)2/h8-13,24,26,29-31,33-35H,14-23H2,1-7H3;5,15,17,19-21,23-25,28-29H,6-14H2,1-4H3/t24-,26+,29-,30-,31-,33-,34+,35-,39-,40-;15-,17+,19-,20-,21-,23-,24+,25-,26-,27-/m00/s1. The van der Waals surface area contributed by atoms with Crippen molar-refractivity contribution in [3.05, 3.63) is 81.5 Å². The summed E-state index contributed by atoms with van der Waals surface area (Å²) in [4.78, 5) is 28.3. The Morgan fingerprint density at radius 1 is 0.737 bits per heavy atom. The van der Waals surface area contributed by atoms with Crippen molar-refractivity contribution in [3.63, 3.8) is 0 Å². The van der Waals surface area contributed by atoms with Gasteiger partial charge in [-0.3, -0.25) is 4.79 Å². The first-order valence-corrected chi connectivity index (χ1v) is 30.9. The summed E-state index contributed by atoms with van der Waals surface area (Å²) in [6.07, 6.45) is 22.9.